The van der Waals surface area contributed by atoms with Crippen LogP contribution < -0.4 is 0 Å². The van der Waals surface area contributed by atoms with Gasteiger partial charge in [-0.05, 0) is 23.6 Å². The van der Waals surface area contributed by atoms with Gasteiger partial charge in [0.1, 0.15) is 5.82 Å². The molecule has 20 heavy (non-hydrogen) atoms. The Balaban J connectivity index is 2.04. The van der Waals surface area contributed by atoms with Crippen molar-refractivity contribution in [1.82, 2.24) is 9.38 Å². The number of pyridine rings is 1. The molecule has 0 spiro atoms. The van der Waals surface area contributed by atoms with E-state index in [1.165, 1.54) is 5.56 Å². The van der Waals surface area contributed by atoms with Crippen molar-refractivity contribution in [2.75, 3.05) is 0 Å². The zero-order valence-corrected chi connectivity index (χ0v) is 11.5. The van der Waals surface area contributed by atoms with Crippen LogP contribution in [0.3, 0.4) is 0 Å². The lowest BCUT2D eigenvalue weighted by atomic mass is 10.1. The molecule has 3 heteroatoms. The Morgan fingerprint density at radius 3 is 2.50 bits per heavy atom. The number of fused-ring (bicyclic) bond motifs is 1. The molecular weight excluding hydrogens is 264 g/mol. The fourth-order valence-electron chi connectivity index (χ4n) is 2.44. The van der Waals surface area contributed by atoms with Crippen molar-refractivity contribution in [2.24, 2.45) is 0 Å². The minimum Gasteiger partial charge on any atom is -0.299 e. The van der Waals surface area contributed by atoms with Crippen LogP contribution in [0.25, 0.3) is 28.2 Å². The second-order valence-electron chi connectivity index (χ2n) is 4.62. The molecule has 0 unspecified atom stereocenters. The standard InChI is InChI=1S/C17H12N2S/c1-2-6-13(7-3-1)16-15-8-4-5-10-19(15)17(18-16)14-9-11-20-12-14/h1-12H. The molecule has 0 bridgehead atoms. The van der Waals surface area contributed by atoms with Crippen LogP contribution in [-0.2, 0) is 0 Å². The molecule has 3 aromatic heterocycles. The van der Waals surface area contributed by atoms with E-state index in [0.29, 0.717) is 0 Å². The number of imidazole rings is 1. The van der Waals surface area contributed by atoms with Crippen molar-refractivity contribution in [3.63, 3.8) is 0 Å². The molecule has 0 aliphatic rings. The van der Waals surface area contributed by atoms with E-state index in [1.54, 1.807) is 11.3 Å². The molecule has 4 rings (SSSR count). The van der Waals surface area contributed by atoms with Crippen LogP contribution >= 0.6 is 11.3 Å². The van der Waals surface area contributed by atoms with E-state index >= 15 is 0 Å². The number of thiophene rings is 1. The van der Waals surface area contributed by atoms with Crippen LogP contribution in [0.5, 0.6) is 0 Å². The number of benzene rings is 1. The lowest BCUT2D eigenvalue weighted by Crippen LogP contribution is -1.85. The monoisotopic (exact) mass is 276 g/mol. The van der Waals surface area contributed by atoms with E-state index in [9.17, 15) is 0 Å². The van der Waals surface area contributed by atoms with Crippen molar-refractivity contribution in [3.05, 3.63) is 71.6 Å². The molecule has 4 aromatic rings. The van der Waals surface area contributed by atoms with Gasteiger partial charge in [-0.3, -0.25) is 4.40 Å². The molecule has 0 fully saturated rings. The van der Waals surface area contributed by atoms with Gasteiger partial charge in [-0.2, -0.15) is 11.3 Å². The van der Waals surface area contributed by atoms with Gasteiger partial charge in [-0.25, -0.2) is 4.98 Å². The maximum Gasteiger partial charge on any atom is 0.146 e. The highest BCUT2D eigenvalue weighted by Gasteiger charge is 2.13. The number of nitrogens with zero attached hydrogens (tertiary/aromatic N) is 2. The molecule has 0 aliphatic carbocycles. The average Bonchev–Trinajstić information content (AvgIpc) is 3.15. The lowest BCUT2D eigenvalue weighted by molar-refractivity contribution is 1.17. The number of rotatable bonds is 2. The summed E-state index contributed by atoms with van der Waals surface area (Å²) >= 11 is 1.69. The van der Waals surface area contributed by atoms with Gasteiger partial charge in [0, 0.05) is 22.7 Å². The van der Waals surface area contributed by atoms with Gasteiger partial charge in [0.05, 0.1) is 11.2 Å². The molecule has 0 saturated carbocycles. The zero-order valence-electron chi connectivity index (χ0n) is 10.7. The van der Waals surface area contributed by atoms with Crippen LogP contribution in [0.15, 0.2) is 71.6 Å². The second-order valence-corrected chi connectivity index (χ2v) is 5.40. The normalized spacial score (nSPS) is 11.0. The van der Waals surface area contributed by atoms with Gasteiger partial charge < -0.3 is 0 Å². The fourth-order valence-corrected chi connectivity index (χ4v) is 3.08. The van der Waals surface area contributed by atoms with Crippen molar-refractivity contribution >= 4 is 16.9 Å². The van der Waals surface area contributed by atoms with Crippen LogP contribution in [-0.4, -0.2) is 9.38 Å². The highest BCUT2D eigenvalue weighted by Crippen LogP contribution is 2.30. The molecule has 0 radical (unpaired) electrons. The molecule has 0 atom stereocenters. The van der Waals surface area contributed by atoms with Crippen LogP contribution in [0, 0.1) is 0 Å². The summed E-state index contributed by atoms with van der Waals surface area (Å²) in [6.07, 6.45) is 2.07. The quantitative estimate of drug-likeness (QED) is 0.517. The third-order valence-electron chi connectivity index (χ3n) is 3.37. The van der Waals surface area contributed by atoms with E-state index in [2.05, 4.69) is 51.7 Å². The third-order valence-corrected chi connectivity index (χ3v) is 4.06. The molecule has 0 saturated heterocycles. The van der Waals surface area contributed by atoms with Gasteiger partial charge in [-0.15, -0.1) is 0 Å². The highest BCUT2D eigenvalue weighted by atomic mass is 32.1. The van der Waals surface area contributed by atoms with Gasteiger partial charge in [-0.1, -0.05) is 36.4 Å². The van der Waals surface area contributed by atoms with Crippen LogP contribution in [0.4, 0.5) is 0 Å². The molecule has 1 aromatic carbocycles. The Morgan fingerprint density at radius 1 is 0.850 bits per heavy atom. The Bertz CT molecular complexity index is 845. The summed E-state index contributed by atoms with van der Waals surface area (Å²) in [5.74, 6) is 1.00. The molecule has 0 aliphatic heterocycles. The summed E-state index contributed by atoms with van der Waals surface area (Å²) in [6.45, 7) is 0. The maximum absolute atomic E-state index is 4.87. The summed E-state index contributed by atoms with van der Waals surface area (Å²) in [7, 11) is 0. The maximum atomic E-state index is 4.87. The van der Waals surface area contributed by atoms with Crippen molar-refractivity contribution in [1.29, 1.82) is 0 Å². The summed E-state index contributed by atoms with van der Waals surface area (Å²) in [4.78, 5) is 4.87. The fraction of sp³-hybridized carbons (Fsp3) is 0. The van der Waals surface area contributed by atoms with Gasteiger partial charge in [0.25, 0.3) is 0 Å². The predicted octanol–water partition coefficient (Wildman–Crippen LogP) is 4.73. The topological polar surface area (TPSA) is 17.3 Å². The van der Waals surface area contributed by atoms with Crippen molar-refractivity contribution < 1.29 is 0 Å². The molecule has 2 nitrogen and oxygen atoms in total. The molecule has 3 heterocycles. The minimum absolute atomic E-state index is 1.00. The molecular formula is C17H12N2S. The largest absolute Gasteiger partial charge is 0.299 e. The molecule has 96 valence electrons. The first-order chi connectivity index (χ1) is 9.93. The SMILES string of the molecule is c1ccc(-c2nc(-c3ccsc3)n3ccccc23)cc1. The molecule has 0 N–H and O–H groups in total. The van der Waals surface area contributed by atoms with Crippen LogP contribution in [0.2, 0.25) is 0 Å². The Kier molecular flexibility index (Phi) is 2.64. The van der Waals surface area contributed by atoms with Gasteiger partial charge >= 0.3 is 0 Å². The first-order valence-corrected chi connectivity index (χ1v) is 7.43. The average molecular weight is 276 g/mol. The number of aromatic nitrogens is 2. The van der Waals surface area contributed by atoms with Gasteiger partial charge in [0.15, 0.2) is 0 Å². The van der Waals surface area contributed by atoms with E-state index < -0.39 is 0 Å². The zero-order chi connectivity index (χ0) is 13.4. The van der Waals surface area contributed by atoms with E-state index in [1.807, 2.05) is 24.3 Å². The minimum atomic E-state index is 1.00. The summed E-state index contributed by atoms with van der Waals surface area (Å²) in [5, 5.41) is 4.22. The lowest BCUT2D eigenvalue weighted by Gasteiger charge is -1.98. The molecule has 0 amide bonds. The number of hydrogen-bond acceptors (Lipinski definition) is 2. The predicted molar refractivity (Wildman–Crippen MR) is 83.9 cm³/mol. The van der Waals surface area contributed by atoms with E-state index in [-0.39, 0.29) is 0 Å². The van der Waals surface area contributed by atoms with E-state index in [0.717, 1.165) is 22.6 Å². The highest BCUT2D eigenvalue weighted by molar-refractivity contribution is 7.08. The summed E-state index contributed by atoms with van der Waals surface area (Å²) < 4.78 is 2.16. The Morgan fingerprint density at radius 2 is 1.70 bits per heavy atom. The first-order valence-electron chi connectivity index (χ1n) is 6.48. The van der Waals surface area contributed by atoms with Crippen molar-refractivity contribution in [3.8, 4) is 22.6 Å². The second kappa shape index (κ2) is 4.62. The third kappa shape index (κ3) is 1.75. The summed E-state index contributed by atoms with van der Waals surface area (Å²) in [5.41, 5.74) is 4.49. The van der Waals surface area contributed by atoms with Crippen molar-refractivity contribution in [2.45, 2.75) is 0 Å². The first kappa shape index (κ1) is 11.4. The summed E-state index contributed by atoms with van der Waals surface area (Å²) in [6, 6.07) is 18.7. The van der Waals surface area contributed by atoms with E-state index in [4.69, 9.17) is 4.98 Å². The van der Waals surface area contributed by atoms with Gasteiger partial charge in [0.2, 0.25) is 0 Å². The van der Waals surface area contributed by atoms with Crippen LogP contribution in [0.1, 0.15) is 0 Å². The number of hydrogen-bond donors (Lipinski definition) is 0. The smallest absolute Gasteiger partial charge is 0.146 e. The Labute approximate surface area is 121 Å². The Hall–Kier alpha value is -2.39.